The van der Waals surface area contributed by atoms with Gasteiger partial charge in [0.1, 0.15) is 0 Å². The molecule has 1 amide bonds. The van der Waals surface area contributed by atoms with Gasteiger partial charge in [-0.25, -0.2) is 6.57 Å². The molecule has 2 aromatic rings. The molecule has 1 aliphatic heterocycles. The molecule has 3 rings (SSSR count). The molecule has 1 unspecified atom stereocenters. The van der Waals surface area contributed by atoms with Crippen LogP contribution in [0, 0.1) is 16.7 Å². The van der Waals surface area contributed by atoms with Crippen LogP contribution in [0.15, 0.2) is 24.4 Å². The van der Waals surface area contributed by atoms with Crippen molar-refractivity contribution in [1.82, 2.24) is 9.88 Å². The number of likely N-dealkylation sites (tertiary alicyclic amines) is 1. The first-order chi connectivity index (χ1) is 11.5. The Labute approximate surface area is 138 Å². The lowest BCUT2D eigenvalue weighted by molar-refractivity contribution is -0.384. The van der Waals surface area contributed by atoms with Gasteiger partial charge in [0.15, 0.2) is 0 Å². The van der Waals surface area contributed by atoms with E-state index in [0.717, 1.165) is 17.5 Å². The number of amides is 1. The Kier molecular flexibility index (Phi) is 4.18. The van der Waals surface area contributed by atoms with Crippen molar-refractivity contribution in [3.05, 3.63) is 51.5 Å². The van der Waals surface area contributed by atoms with Crippen LogP contribution >= 0.6 is 0 Å². The lowest BCUT2D eigenvalue weighted by Gasteiger charge is -2.20. The van der Waals surface area contributed by atoms with E-state index < -0.39 is 17.1 Å². The Balaban J connectivity index is 1.81. The van der Waals surface area contributed by atoms with Gasteiger partial charge in [0.2, 0.25) is 5.91 Å². The SMILES string of the molecule is [C-]#[N+][C@@H]1CCCN1C(=O)C(N)Cc1c[nH]c2ccc([N+](=O)[O-])cc12. The maximum absolute atomic E-state index is 12.5. The zero-order valence-electron chi connectivity index (χ0n) is 12.9. The van der Waals surface area contributed by atoms with Gasteiger partial charge < -0.3 is 10.7 Å². The molecular formula is C16H17N5O3. The van der Waals surface area contributed by atoms with Gasteiger partial charge in [-0.15, -0.1) is 0 Å². The van der Waals surface area contributed by atoms with E-state index in [2.05, 4.69) is 9.83 Å². The summed E-state index contributed by atoms with van der Waals surface area (Å²) in [6.45, 7) is 7.71. The number of H-pyrrole nitrogens is 1. The number of aromatic nitrogens is 1. The smallest absolute Gasteiger partial charge is 0.300 e. The number of nitro benzene ring substituents is 1. The van der Waals surface area contributed by atoms with Crippen LogP contribution in [0.2, 0.25) is 0 Å². The number of non-ortho nitro benzene ring substituents is 1. The van der Waals surface area contributed by atoms with Crippen LogP contribution in [0.5, 0.6) is 0 Å². The Bertz CT molecular complexity index is 838. The van der Waals surface area contributed by atoms with Crippen LogP contribution in [0.3, 0.4) is 0 Å². The van der Waals surface area contributed by atoms with Gasteiger partial charge in [-0.3, -0.25) is 24.7 Å². The van der Waals surface area contributed by atoms with E-state index in [9.17, 15) is 14.9 Å². The normalized spacial score (nSPS) is 18.5. The average molecular weight is 327 g/mol. The van der Waals surface area contributed by atoms with Crippen LogP contribution in [0.4, 0.5) is 5.69 Å². The molecular weight excluding hydrogens is 310 g/mol. The fourth-order valence-electron chi connectivity index (χ4n) is 3.13. The quantitative estimate of drug-likeness (QED) is 0.507. The molecule has 0 radical (unpaired) electrons. The zero-order chi connectivity index (χ0) is 17.3. The maximum atomic E-state index is 12.5. The molecule has 1 saturated heterocycles. The highest BCUT2D eigenvalue weighted by atomic mass is 16.6. The highest BCUT2D eigenvalue weighted by Crippen LogP contribution is 2.25. The number of hydrogen-bond acceptors (Lipinski definition) is 4. The number of fused-ring (bicyclic) bond motifs is 1. The molecule has 1 aliphatic rings. The van der Waals surface area contributed by atoms with Crippen molar-refractivity contribution in [2.45, 2.75) is 31.5 Å². The highest BCUT2D eigenvalue weighted by molar-refractivity contribution is 5.87. The molecule has 1 fully saturated rings. The molecule has 124 valence electrons. The van der Waals surface area contributed by atoms with E-state index in [0.29, 0.717) is 18.4 Å². The fraction of sp³-hybridized carbons (Fsp3) is 0.375. The van der Waals surface area contributed by atoms with E-state index in [-0.39, 0.29) is 18.0 Å². The minimum Gasteiger partial charge on any atom is -0.361 e. The van der Waals surface area contributed by atoms with Crippen molar-refractivity contribution in [2.75, 3.05) is 6.54 Å². The summed E-state index contributed by atoms with van der Waals surface area (Å²) < 4.78 is 0. The van der Waals surface area contributed by atoms with E-state index in [4.69, 9.17) is 12.3 Å². The minimum atomic E-state index is -0.773. The van der Waals surface area contributed by atoms with Gasteiger partial charge >= 0.3 is 6.17 Å². The summed E-state index contributed by atoms with van der Waals surface area (Å²) >= 11 is 0. The molecule has 8 nitrogen and oxygen atoms in total. The minimum absolute atomic E-state index is 0.00383. The van der Waals surface area contributed by atoms with E-state index in [1.54, 1.807) is 12.3 Å². The molecule has 2 heterocycles. The molecule has 0 spiro atoms. The molecule has 0 aliphatic carbocycles. The lowest BCUT2D eigenvalue weighted by Crippen LogP contribution is -2.46. The summed E-state index contributed by atoms with van der Waals surface area (Å²) in [6, 6.07) is 3.78. The van der Waals surface area contributed by atoms with Gasteiger partial charge in [-0.1, -0.05) is 0 Å². The number of benzene rings is 1. The van der Waals surface area contributed by atoms with E-state index in [1.807, 2.05) is 0 Å². The Morgan fingerprint density at radius 3 is 3.08 bits per heavy atom. The van der Waals surface area contributed by atoms with Crippen LogP contribution in [-0.2, 0) is 11.2 Å². The Morgan fingerprint density at radius 2 is 2.38 bits per heavy atom. The summed E-state index contributed by atoms with van der Waals surface area (Å²) in [5, 5.41) is 11.6. The summed E-state index contributed by atoms with van der Waals surface area (Å²) in [7, 11) is 0. The van der Waals surface area contributed by atoms with Gasteiger partial charge in [0.25, 0.3) is 5.69 Å². The molecule has 24 heavy (non-hydrogen) atoms. The second-order valence-corrected chi connectivity index (χ2v) is 5.90. The van der Waals surface area contributed by atoms with Crippen LogP contribution in [-0.4, -0.2) is 39.5 Å². The second-order valence-electron chi connectivity index (χ2n) is 5.90. The monoisotopic (exact) mass is 327 g/mol. The third-order valence-corrected chi connectivity index (χ3v) is 4.37. The van der Waals surface area contributed by atoms with Crippen molar-refractivity contribution in [1.29, 1.82) is 0 Å². The van der Waals surface area contributed by atoms with Crippen LogP contribution in [0.1, 0.15) is 18.4 Å². The van der Waals surface area contributed by atoms with Crippen molar-refractivity contribution in [2.24, 2.45) is 5.73 Å². The standard InChI is InChI=1S/C16H17N5O3/c1-18-15-3-2-6-20(15)16(22)13(17)7-10-9-19-14-5-4-11(21(23)24)8-12(10)14/h4-5,8-9,13,15,19H,2-3,6-7,17H2/t13?,15-/m0/s1. The van der Waals surface area contributed by atoms with E-state index in [1.165, 1.54) is 17.0 Å². The Hall–Kier alpha value is -2.92. The van der Waals surface area contributed by atoms with Crippen LogP contribution in [0.25, 0.3) is 15.7 Å². The third-order valence-electron chi connectivity index (χ3n) is 4.37. The second kappa shape index (κ2) is 6.29. The predicted octanol–water partition coefficient (Wildman–Crippen LogP) is 1.81. The van der Waals surface area contributed by atoms with Gasteiger partial charge in [0, 0.05) is 42.2 Å². The number of hydrogen-bond donors (Lipinski definition) is 2. The van der Waals surface area contributed by atoms with Crippen molar-refractivity contribution >= 4 is 22.5 Å². The molecule has 3 N–H and O–H groups in total. The number of nitrogens with one attached hydrogen (secondary N) is 1. The number of nitrogens with two attached hydrogens (primary N) is 1. The van der Waals surface area contributed by atoms with Crippen molar-refractivity contribution < 1.29 is 9.72 Å². The molecule has 1 aromatic heterocycles. The number of aromatic amines is 1. The predicted molar refractivity (Wildman–Crippen MR) is 88.0 cm³/mol. The summed E-state index contributed by atoms with van der Waals surface area (Å²) in [6.07, 6.45) is 3.05. The van der Waals surface area contributed by atoms with Gasteiger partial charge in [-0.2, -0.15) is 0 Å². The molecule has 0 bridgehead atoms. The van der Waals surface area contributed by atoms with Gasteiger partial charge in [0.05, 0.1) is 11.0 Å². The molecule has 8 heteroatoms. The number of rotatable bonds is 4. The molecule has 1 aromatic carbocycles. The topological polar surface area (TPSA) is 110 Å². The van der Waals surface area contributed by atoms with E-state index >= 15 is 0 Å². The summed E-state index contributed by atoms with van der Waals surface area (Å²) in [4.78, 5) is 31.0. The zero-order valence-corrected chi connectivity index (χ0v) is 12.9. The van der Waals surface area contributed by atoms with Crippen molar-refractivity contribution in [3.8, 4) is 0 Å². The number of carbonyl (C=O) groups excluding carboxylic acids is 1. The summed E-state index contributed by atoms with van der Waals surface area (Å²) in [5.74, 6) is -0.242. The van der Waals surface area contributed by atoms with Crippen LogP contribution < -0.4 is 5.73 Å². The number of carbonyl (C=O) groups is 1. The van der Waals surface area contributed by atoms with Crippen molar-refractivity contribution in [3.63, 3.8) is 0 Å². The first kappa shape index (κ1) is 16.0. The Morgan fingerprint density at radius 1 is 1.58 bits per heavy atom. The number of nitrogens with zero attached hydrogens (tertiary/aromatic N) is 3. The molecule has 0 saturated carbocycles. The van der Waals surface area contributed by atoms with Gasteiger partial charge in [-0.05, 0) is 24.5 Å². The third kappa shape index (κ3) is 2.81. The summed E-state index contributed by atoms with van der Waals surface area (Å²) in [5.41, 5.74) is 7.57. The lowest BCUT2D eigenvalue weighted by atomic mass is 10.0. The fourth-order valence-corrected chi connectivity index (χ4v) is 3.13. The average Bonchev–Trinajstić information content (AvgIpc) is 3.20. The first-order valence-corrected chi connectivity index (χ1v) is 7.68. The number of nitro groups is 1. The largest absolute Gasteiger partial charge is 0.361 e. The highest BCUT2D eigenvalue weighted by Gasteiger charge is 2.35. The molecule has 2 atom stereocenters. The first-order valence-electron chi connectivity index (χ1n) is 7.68. The maximum Gasteiger partial charge on any atom is 0.300 e.